The lowest BCUT2D eigenvalue weighted by molar-refractivity contribution is -0.129. The molecular formula is C14H22N4OS. The lowest BCUT2D eigenvalue weighted by Crippen LogP contribution is -2.50. The van der Waals surface area contributed by atoms with Crippen LogP contribution in [0.3, 0.4) is 0 Å². The maximum atomic E-state index is 12.7. The quantitative estimate of drug-likeness (QED) is 0.727. The van der Waals surface area contributed by atoms with Gasteiger partial charge in [0.15, 0.2) is 0 Å². The van der Waals surface area contributed by atoms with Gasteiger partial charge in [-0.1, -0.05) is 38.4 Å². The number of thiocarbonyl (C=S) groups is 1. The van der Waals surface area contributed by atoms with E-state index in [4.69, 9.17) is 18.0 Å². The summed E-state index contributed by atoms with van der Waals surface area (Å²) in [6.07, 6.45) is 8.87. The number of hydrogen-bond donors (Lipinski definition) is 3. The molecular weight excluding hydrogens is 272 g/mol. The molecule has 1 fully saturated rings. The molecule has 4 N–H and O–H groups in total. The third kappa shape index (κ3) is 2.85. The maximum Gasteiger partial charge on any atom is 0.233 e. The van der Waals surface area contributed by atoms with Crippen LogP contribution >= 0.6 is 12.2 Å². The van der Waals surface area contributed by atoms with Gasteiger partial charge in [0.1, 0.15) is 5.82 Å². The zero-order valence-corrected chi connectivity index (χ0v) is 12.6. The summed E-state index contributed by atoms with van der Waals surface area (Å²) in [6.45, 7) is 2.02. The van der Waals surface area contributed by atoms with E-state index >= 15 is 0 Å². The van der Waals surface area contributed by atoms with E-state index < -0.39 is 5.41 Å². The average molecular weight is 294 g/mol. The minimum Gasteiger partial charge on any atom is -0.392 e. The van der Waals surface area contributed by atoms with Crippen LogP contribution in [0, 0.1) is 5.41 Å². The Labute approximate surface area is 124 Å². The lowest BCUT2D eigenvalue weighted by Gasteiger charge is -2.35. The average Bonchev–Trinajstić information content (AvgIpc) is 2.99. The third-order valence-corrected chi connectivity index (χ3v) is 4.57. The van der Waals surface area contributed by atoms with Gasteiger partial charge in [-0.15, -0.1) is 0 Å². The number of H-pyrrole nitrogens is 1. The highest BCUT2D eigenvalue weighted by Crippen LogP contribution is 2.37. The van der Waals surface area contributed by atoms with Crippen LogP contribution in [0.2, 0.25) is 0 Å². The fourth-order valence-electron chi connectivity index (χ4n) is 2.87. The second-order valence-corrected chi connectivity index (χ2v) is 5.86. The predicted octanol–water partition coefficient (Wildman–Crippen LogP) is 2.21. The van der Waals surface area contributed by atoms with Crippen LogP contribution < -0.4 is 11.1 Å². The number of imidazole rings is 1. The molecule has 0 aliphatic heterocycles. The zero-order chi connectivity index (χ0) is 14.6. The first kappa shape index (κ1) is 15.0. The summed E-state index contributed by atoms with van der Waals surface area (Å²) in [5.74, 6) is 0.725. The van der Waals surface area contributed by atoms with Crippen LogP contribution in [0.4, 0.5) is 0 Å². The van der Waals surface area contributed by atoms with Gasteiger partial charge < -0.3 is 16.0 Å². The van der Waals surface area contributed by atoms with Gasteiger partial charge in [0.05, 0.1) is 16.4 Å². The first-order valence-corrected chi connectivity index (χ1v) is 7.61. The normalized spacial score (nSPS) is 19.2. The fourth-order valence-corrected chi connectivity index (χ4v) is 3.17. The summed E-state index contributed by atoms with van der Waals surface area (Å²) in [5.41, 5.74) is 5.21. The number of aromatic amines is 1. The van der Waals surface area contributed by atoms with Crippen molar-refractivity contribution in [1.29, 1.82) is 0 Å². The van der Waals surface area contributed by atoms with Crippen LogP contribution in [0.25, 0.3) is 0 Å². The molecule has 1 amide bonds. The Hall–Kier alpha value is -1.43. The van der Waals surface area contributed by atoms with Crippen molar-refractivity contribution in [3.63, 3.8) is 0 Å². The van der Waals surface area contributed by atoms with Crippen molar-refractivity contribution in [2.24, 2.45) is 11.1 Å². The van der Waals surface area contributed by atoms with Crippen LogP contribution in [-0.2, 0) is 4.79 Å². The molecule has 0 saturated heterocycles. The molecule has 6 heteroatoms. The molecule has 1 aromatic heterocycles. The topological polar surface area (TPSA) is 83.8 Å². The molecule has 110 valence electrons. The van der Waals surface area contributed by atoms with E-state index in [1.807, 2.05) is 6.92 Å². The van der Waals surface area contributed by atoms with Crippen molar-refractivity contribution in [3.8, 4) is 0 Å². The molecule has 2 rings (SSSR count). The van der Waals surface area contributed by atoms with Crippen LogP contribution in [0.5, 0.6) is 0 Å². The largest absolute Gasteiger partial charge is 0.392 e. The number of amides is 1. The lowest BCUT2D eigenvalue weighted by atomic mass is 9.73. The van der Waals surface area contributed by atoms with E-state index in [1.54, 1.807) is 12.4 Å². The van der Waals surface area contributed by atoms with Gasteiger partial charge in [-0.25, -0.2) is 4.98 Å². The highest BCUT2D eigenvalue weighted by atomic mass is 32.1. The molecule has 1 heterocycles. The molecule has 1 aromatic rings. The molecule has 20 heavy (non-hydrogen) atoms. The van der Waals surface area contributed by atoms with Gasteiger partial charge in [-0.3, -0.25) is 4.79 Å². The van der Waals surface area contributed by atoms with Crippen molar-refractivity contribution in [2.75, 3.05) is 0 Å². The van der Waals surface area contributed by atoms with Crippen molar-refractivity contribution >= 4 is 23.1 Å². The highest BCUT2D eigenvalue weighted by molar-refractivity contribution is 7.80. The summed E-state index contributed by atoms with van der Waals surface area (Å²) in [5, 5.41) is 3.06. The van der Waals surface area contributed by atoms with E-state index in [2.05, 4.69) is 15.3 Å². The summed E-state index contributed by atoms with van der Waals surface area (Å²) in [6, 6.07) is -0.120. The minimum absolute atomic E-state index is 0.0482. The molecule has 1 saturated carbocycles. The SMILES string of the molecule is CCC(NC(=O)C1(C(N)=S)CCCCC1)c1ncc[nH]1. The van der Waals surface area contributed by atoms with Gasteiger partial charge in [0.25, 0.3) is 0 Å². The van der Waals surface area contributed by atoms with Crippen molar-refractivity contribution in [2.45, 2.75) is 51.5 Å². The van der Waals surface area contributed by atoms with Crippen LogP contribution in [-0.4, -0.2) is 20.9 Å². The van der Waals surface area contributed by atoms with E-state index in [-0.39, 0.29) is 11.9 Å². The number of rotatable bonds is 5. The number of aromatic nitrogens is 2. The molecule has 1 aliphatic rings. The van der Waals surface area contributed by atoms with Gasteiger partial charge >= 0.3 is 0 Å². The summed E-state index contributed by atoms with van der Waals surface area (Å²) >= 11 is 5.19. The van der Waals surface area contributed by atoms with Crippen molar-refractivity contribution < 1.29 is 4.79 Å². The Kier molecular flexibility index (Phi) is 4.75. The zero-order valence-electron chi connectivity index (χ0n) is 11.8. The first-order chi connectivity index (χ1) is 9.60. The number of hydrogen-bond acceptors (Lipinski definition) is 3. The van der Waals surface area contributed by atoms with E-state index in [1.165, 1.54) is 0 Å². The van der Waals surface area contributed by atoms with Gasteiger partial charge in [0, 0.05) is 12.4 Å². The van der Waals surface area contributed by atoms with Gasteiger partial charge in [-0.05, 0) is 19.3 Å². The van der Waals surface area contributed by atoms with E-state index in [9.17, 15) is 4.79 Å². The predicted molar refractivity (Wildman–Crippen MR) is 82.1 cm³/mol. The molecule has 1 unspecified atom stereocenters. The maximum absolute atomic E-state index is 12.7. The Morgan fingerprint density at radius 2 is 2.25 bits per heavy atom. The summed E-state index contributed by atoms with van der Waals surface area (Å²) < 4.78 is 0. The molecule has 0 aromatic carbocycles. The highest BCUT2D eigenvalue weighted by Gasteiger charge is 2.43. The van der Waals surface area contributed by atoms with E-state index in [0.717, 1.165) is 44.3 Å². The second-order valence-electron chi connectivity index (χ2n) is 5.42. The fraction of sp³-hybridized carbons (Fsp3) is 0.643. The molecule has 0 bridgehead atoms. The van der Waals surface area contributed by atoms with E-state index in [0.29, 0.717) is 4.99 Å². The van der Waals surface area contributed by atoms with Crippen LogP contribution in [0.15, 0.2) is 12.4 Å². The number of nitrogens with one attached hydrogen (secondary N) is 2. The third-order valence-electron chi connectivity index (χ3n) is 4.18. The Balaban J connectivity index is 2.14. The van der Waals surface area contributed by atoms with Gasteiger partial charge in [0.2, 0.25) is 5.91 Å². The Bertz CT molecular complexity index is 466. The summed E-state index contributed by atoms with van der Waals surface area (Å²) in [4.78, 5) is 20.3. The molecule has 0 spiro atoms. The molecule has 0 radical (unpaired) electrons. The summed E-state index contributed by atoms with van der Waals surface area (Å²) in [7, 11) is 0. The second kappa shape index (κ2) is 6.35. The number of nitrogens with two attached hydrogens (primary N) is 1. The number of nitrogens with zero attached hydrogens (tertiary/aromatic N) is 1. The molecule has 1 atom stereocenters. The van der Waals surface area contributed by atoms with Gasteiger partial charge in [-0.2, -0.15) is 0 Å². The standard InChI is InChI=1S/C14H22N4OS/c1-2-10(11-16-8-9-17-11)18-13(19)14(12(15)20)6-4-3-5-7-14/h8-10H,2-7H2,1H3,(H2,15,20)(H,16,17)(H,18,19). The number of carbonyl (C=O) groups is 1. The Morgan fingerprint density at radius 3 is 2.75 bits per heavy atom. The smallest absolute Gasteiger partial charge is 0.233 e. The molecule has 1 aliphatic carbocycles. The van der Waals surface area contributed by atoms with Crippen molar-refractivity contribution in [1.82, 2.24) is 15.3 Å². The minimum atomic E-state index is -0.673. The monoisotopic (exact) mass is 294 g/mol. The molecule has 5 nitrogen and oxygen atoms in total. The number of carbonyl (C=O) groups excluding carboxylic acids is 1. The van der Waals surface area contributed by atoms with Crippen molar-refractivity contribution in [3.05, 3.63) is 18.2 Å². The van der Waals surface area contributed by atoms with Crippen LogP contribution in [0.1, 0.15) is 57.3 Å². The Morgan fingerprint density at radius 1 is 1.55 bits per heavy atom. The first-order valence-electron chi connectivity index (χ1n) is 7.20.